The van der Waals surface area contributed by atoms with E-state index >= 15 is 0 Å². The summed E-state index contributed by atoms with van der Waals surface area (Å²) in [7, 11) is 2.11. The largest absolute Gasteiger partial charge is 0.343 e. The number of hydrogen-bond donors (Lipinski definition) is 2. The first-order valence-corrected chi connectivity index (χ1v) is 17.5. The number of nitrogens with zero attached hydrogens (tertiary/aromatic N) is 3. The van der Waals surface area contributed by atoms with Gasteiger partial charge in [-0.1, -0.05) is 95.0 Å². The minimum atomic E-state index is -0.636. The fourth-order valence-corrected chi connectivity index (χ4v) is 6.71. The molecule has 1 aromatic rings. The Kier molecular flexibility index (Phi) is 15.8. The number of carbonyl (C=O) groups excluding carboxylic acids is 2. The highest BCUT2D eigenvalue weighted by Gasteiger charge is 2.33. The van der Waals surface area contributed by atoms with E-state index in [-0.39, 0.29) is 11.8 Å². The van der Waals surface area contributed by atoms with Gasteiger partial charge in [0.1, 0.15) is 6.04 Å². The molecule has 3 atom stereocenters. The zero-order valence-corrected chi connectivity index (χ0v) is 29.1. The van der Waals surface area contributed by atoms with Crippen LogP contribution in [0.25, 0.3) is 0 Å². The van der Waals surface area contributed by atoms with E-state index in [0.717, 1.165) is 48.8 Å². The predicted molar refractivity (Wildman–Crippen MR) is 189 cm³/mol. The van der Waals surface area contributed by atoms with Gasteiger partial charge in [0.2, 0.25) is 11.8 Å². The number of rotatable bonds is 12. The Morgan fingerprint density at radius 3 is 2.20 bits per heavy atom. The van der Waals surface area contributed by atoms with Crippen molar-refractivity contribution in [1.82, 2.24) is 25.3 Å². The van der Waals surface area contributed by atoms with Crippen molar-refractivity contribution in [2.45, 2.75) is 90.3 Å². The van der Waals surface area contributed by atoms with Gasteiger partial charge in [0.05, 0.1) is 6.04 Å². The summed E-state index contributed by atoms with van der Waals surface area (Å²) < 4.78 is 0. The molecule has 0 radical (unpaired) electrons. The monoisotopic (exact) mass is 639 g/mol. The molecule has 8 heteroatoms. The van der Waals surface area contributed by atoms with E-state index in [1.165, 1.54) is 38.5 Å². The molecule has 2 heterocycles. The van der Waals surface area contributed by atoms with Crippen molar-refractivity contribution < 1.29 is 9.59 Å². The van der Waals surface area contributed by atoms with Gasteiger partial charge in [-0.2, -0.15) is 0 Å². The molecule has 3 unspecified atom stereocenters. The third-order valence-corrected chi connectivity index (χ3v) is 10.1. The Bertz CT molecular complexity index is 1120. The molecule has 2 aliphatic heterocycles. The fraction of sp³-hybridized carbons (Fsp3) is 0.622. The summed E-state index contributed by atoms with van der Waals surface area (Å²) in [6, 6.07) is 6.99. The van der Waals surface area contributed by atoms with Crippen LogP contribution < -0.4 is 10.6 Å². The van der Waals surface area contributed by atoms with Gasteiger partial charge in [0, 0.05) is 50.2 Å². The van der Waals surface area contributed by atoms with Gasteiger partial charge >= 0.3 is 0 Å². The lowest BCUT2D eigenvalue weighted by Crippen LogP contribution is -2.58. The van der Waals surface area contributed by atoms with E-state index in [0.29, 0.717) is 43.5 Å². The lowest BCUT2D eigenvalue weighted by atomic mass is 9.85. The molecule has 0 aromatic heterocycles. The zero-order valence-electron chi connectivity index (χ0n) is 28.3. The quantitative estimate of drug-likeness (QED) is 0.300. The average Bonchev–Trinajstić information content (AvgIpc) is 3.08. The summed E-state index contributed by atoms with van der Waals surface area (Å²) >= 11 is 6.09. The van der Waals surface area contributed by atoms with Crippen LogP contribution in [0.1, 0.15) is 71.3 Å². The number of allylic oxidation sites excluding steroid dienone is 1. The van der Waals surface area contributed by atoms with Gasteiger partial charge in [-0.05, 0) is 74.7 Å². The number of halogens is 1. The van der Waals surface area contributed by atoms with Crippen molar-refractivity contribution in [2.24, 2.45) is 5.92 Å². The van der Waals surface area contributed by atoms with Gasteiger partial charge in [-0.3, -0.25) is 14.5 Å². The molecule has 7 nitrogen and oxygen atoms in total. The molecular formula is C37H58ClN5O2. The van der Waals surface area contributed by atoms with E-state index in [2.05, 4.69) is 61.4 Å². The smallest absolute Gasteiger partial charge is 0.245 e. The van der Waals surface area contributed by atoms with Crippen LogP contribution in [0.5, 0.6) is 0 Å². The SMILES string of the molecule is C=CC1=C(C=C)CC(C(=O)NC(Cc2ccc(Cl)cc2)C(=O)N2CCN(C(C)CC3CCCCC3)CC2)NC1.CCN(C)CC. The first-order valence-electron chi connectivity index (χ1n) is 17.1. The minimum absolute atomic E-state index is 0.0139. The molecule has 1 saturated heterocycles. The van der Waals surface area contributed by atoms with Gasteiger partial charge in [0.25, 0.3) is 0 Å². The number of nitrogens with one attached hydrogen (secondary N) is 2. The Morgan fingerprint density at radius 2 is 1.64 bits per heavy atom. The van der Waals surface area contributed by atoms with Gasteiger partial charge < -0.3 is 20.4 Å². The highest BCUT2D eigenvalue weighted by atomic mass is 35.5. The van der Waals surface area contributed by atoms with Crippen LogP contribution in [0.2, 0.25) is 5.02 Å². The summed E-state index contributed by atoms with van der Waals surface area (Å²) in [4.78, 5) is 33.9. The maximum absolute atomic E-state index is 13.8. The van der Waals surface area contributed by atoms with Gasteiger partial charge in [0.15, 0.2) is 0 Å². The number of carbonyl (C=O) groups is 2. The van der Waals surface area contributed by atoms with Crippen LogP contribution in [0, 0.1) is 5.92 Å². The molecule has 2 fully saturated rings. The third kappa shape index (κ3) is 11.7. The van der Waals surface area contributed by atoms with E-state index in [1.807, 2.05) is 29.2 Å². The molecule has 3 aliphatic rings. The van der Waals surface area contributed by atoms with Crippen molar-refractivity contribution in [3.05, 3.63) is 71.3 Å². The Labute approximate surface area is 278 Å². The van der Waals surface area contributed by atoms with E-state index < -0.39 is 12.1 Å². The van der Waals surface area contributed by atoms with Crippen LogP contribution >= 0.6 is 11.6 Å². The Hall–Kier alpha value is -2.45. The molecule has 1 aromatic carbocycles. The lowest BCUT2D eigenvalue weighted by molar-refractivity contribution is -0.138. The molecular weight excluding hydrogens is 582 g/mol. The maximum atomic E-state index is 13.8. The number of benzene rings is 1. The summed E-state index contributed by atoms with van der Waals surface area (Å²) in [5, 5.41) is 7.03. The van der Waals surface area contributed by atoms with Crippen LogP contribution in [0.15, 0.2) is 60.7 Å². The standard InChI is InChI=1S/C32H45ClN4O2.C5H13N/c1-4-26-21-29(34-22-27(26)5-2)31(38)35-30(20-25-11-13-28(33)14-12-25)32(39)37-17-15-36(16-18-37)23(3)19-24-9-7-6-8-10-24;1-4-6(3)5-2/h4-5,11-14,23-24,29-30,34H,1-2,6-10,15-22H2,3H3,(H,35,38);4-5H2,1-3H3. The molecule has 0 bridgehead atoms. The second kappa shape index (κ2) is 19.3. The molecule has 1 aliphatic carbocycles. The highest BCUT2D eigenvalue weighted by Crippen LogP contribution is 2.29. The molecule has 0 spiro atoms. The molecule has 45 heavy (non-hydrogen) atoms. The molecule has 2 amide bonds. The van der Waals surface area contributed by atoms with Crippen LogP contribution in [-0.4, -0.2) is 97.5 Å². The highest BCUT2D eigenvalue weighted by molar-refractivity contribution is 6.30. The lowest BCUT2D eigenvalue weighted by Gasteiger charge is -2.40. The zero-order chi connectivity index (χ0) is 32.8. The van der Waals surface area contributed by atoms with Gasteiger partial charge in [-0.15, -0.1) is 0 Å². The maximum Gasteiger partial charge on any atom is 0.245 e. The van der Waals surface area contributed by atoms with Crippen molar-refractivity contribution in [2.75, 3.05) is 52.9 Å². The molecule has 250 valence electrons. The molecule has 2 N–H and O–H groups in total. The van der Waals surface area contributed by atoms with Crippen LogP contribution in [0.4, 0.5) is 0 Å². The average molecular weight is 640 g/mol. The fourth-order valence-electron chi connectivity index (χ4n) is 6.58. The third-order valence-electron chi connectivity index (χ3n) is 9.88. The second-order valence-corrected chi connectivity index (χ2v) is 13.4. The van der Waals surface area contributed by atoms with Crippen molar-refractivity contribution in [3.8, 4) is 0 Å². The number of hydrogen-bond acceptors (Lipinski definition) is 5. The van der Waals surface area contributed by atoms with E-state index in [4.69, 9.17) is 11.6 Å². The van der Waals surface area contributed by atoms with Crippen molar-refractivity contribution in [3.63, 3.8) is 0 Å². The topological polar surface area (TPSA) is 67.9 Å². The van der Waals surface area contributed by atoms with Crippen LogP contribution in [-0.2, 0) is 16.0 Å². The Balaban J connectivity index is 0.000000838. The predicted octanol–water partition coefficient (Wildman–Crippen LogP) is 5.86. The molecule has 1 saturated carbocycles. The summed E-state index contributed by atoms with van der Waals surface area (Å²) in [6.45, 7) is 20.4. The minimum Gasteiger partial charge on any atom is -0.343 e. The van der Waals surface area contributed by atoms with Crippen LogP contribution in [0.3, 0.4) is 0 Å². The van der Waals surface area contributed by atoms with Crippen molar-refractivity contribution >= 4 is 23.4 Å². The molecule has 4 rings (SSSR count). The van der Waals surface area contributed by atoms with E-state index in [1.54, 1.807) is 12.2 Å². The van der Waals surface area contributed by atoms with Crippen molar-refractivity contribution in [1.29, 1.82) is 0 Å². The Morgan fingerprint density at radius 1 is 1.02 bits per heavy atom. The van der Waals surface area contributed by atoms with Gasteiger partial charge in [-0.25, -0.2) is 0 Å². The number of amides is 2. The summed E-state index contributed by atoms with van der Waals surface area (Å²) in [6.07, 6.45) is 12.7. The normalized spacial score (nSPS) is 21.0. The summed E-state index contributed by atoms with van der Waals surface area (Å²) in [5.41, 5.74) is 3.04. The summed E-state index contributed by atoms with van der Waals surface area (Å²) in [5.74, 6) is 0.671. The second-order valence-electron chi connectivity index (χ2n) is 12.9. The first kappa shape index (κ1) is 37.0. The van der Waals surface area contributed by atoms with E-state index in [9.17, 15) is 9.59 Å². The number of piperazine rings is 1. The first-order chi connectivity index (χ1) is 21.7.